The van der Waals surface area contributed by atoms with Gasteiger partial charge in [0.25, 0.3) is 0 Å². The van der Waals surface area contributed by atoms with Crippen LogP contribution in [0.3, 0.4) is 0 Å². The topological polar surface area (TPSA) is 66.4 Å². The Labute approximate surface area is 183 Å². The quantitative estimate of drug-likeness (QED) is 0.577. The van der Waals surface area contributed by atoms with Gasteiger partial charge in [0, 0.05) is 43.0 Å². The molecule has 6 nitrogen and oxygen atoms in total. The third kappa shape index (κ3) is 3.69. The molecule has 0 bridgehead atoms. The number of hydrogen-bond donors (Lipinski definition) is 0. The highest BCUT2D eigenvalue weighted by atomic mass is 19.1. The number of rotatable bonds is 2. The molecule has 0 radical (unpaired) electrons. The first-order valence-corrected chi connectivity index (χ1v) is 9.73. The molecule has 1 aliphatic rings. The molecule has 1 aliphatic heterocycles. The fraction of sp³-hybridized carbons (Fsp3) is 0.167. The van der Waals surface area contributed by atoms with E-state index in [1.807, 2.05) is 0 Å². The van der Waals surface area contributed by atoms with Gasteiger partial charge >= 0.3 is 6.03 Å². The number of urea groups is 1. The van der Waals surface area contributed by atoms with Crippen molar-refractivity contribution in [2.75, 3.05) is 11.9 Å². The summed E-state index contributed by atoms with van der Waals surface area (Å²) >= 11 is 0. The van der Waals surface area contributed by atoms with Crippen LogP contribution in [0, 0.1) is 23.5 Å². The fourth-order valence-corrected chi connectivity index (χ4v) is 3.59. The highest BCUT2D eigenvalue weighted by Gasteiger charge is 2.47. The molecule has 3 heterocycles. The SMILES string of the molecule is CN1C(=O)N(c2c(F)cc(C#Cc3cccnc3)cc2F)C(=O)C[C@@]1(C)c1cccnc1. The lowest BCUT2D eigenvalue weighted by Gasteiger charge is -2.45. The van der Waals surface area contributed by atoms with Gasteiger partial charge in [-0.3, -0.25) is 14.8 Å². The molecule has 160 valence electrons. The van der Waals surface area contributed by atoms with Crippen LogP contribution in [0.1, 0.15) is 30.0 Å². The third-order valence-corrected chi connectivity index (χ3v) is 5.50. The largest absolute Gasteiger partial charge is 0.332 e. The Kier molecular flexibility index (Phi) is 5.41. The summed E-state index contributed by atoms with van der Waals surface area (Å²) < 4.78 is 29.8. The number of aromatic nitrogens is 2. The minimum absolute atomic E-state index is 0.0677. The van der Waals surface area contributed by atoms with Crippen molar-refractivity contribution in [3.8, 4) is 11.8 Å². The summed E-state index contributed by atoms with van der Waals surface area (Å²) in [6, 6.07) is 8.00. The average molecular weight is 432 g/mol. The second kappa shape index (κ2) is 8.19. The Morgan fingerprint density at radius 3 is 2.19 bits per heavy atom. The normalized spacial score (nSPS) is 18.4. The molecule has 0 N–H and O–H groups in total. The van der Waals surface area contributed by atoms with Crippen LogP contribution < -0.4 is 4.90 Å². The monoisotopic (exact) mass is 432 g/mol. The number of halogens is 2. The van der Waals surface area contributed by atoms with Crippen molar-refractivity contribution in [1.29, 1.82) is 0 Å². The Morgan fingerprint density at radius 1 is 0.969 bits per heavy atom. The second-order valence-electron chi connectivity index (χ2n) is 7.54. The van der Waals surface area contributed by atoms with E-state index >= 15 is 0 Å². The highest BCUT2D eigenvalue weighted by Crippen LogP contribution is 2.38. The minimum atomic E-state index is -1.06. The van der Waals surface area contributed by atoms with Crippen molar-refractivity contribution in [3.63, 3.8) is 0 Å². The maximum absolute atomic E-state index is 14.9. The van der Waals surface area contributed by atoms with Crippen LogP contribution in [0.5, 0.6) is 0 Å². The third-order valence-electron chi connectivity index (χ3n) is 5.50. The lowest BCUT2D eigenvalue weighted by molar-refractivity contribution is -0.122. The van der Waals surface area contributed by atoms with Crippen LogP contribution in [-0.4, -0.2) is 33.9 Å². The molecule has 32 heavy (non-hydrogen) atoms. The molecular formula is C24H18F2N4O2. The average Bonchev–Trinajstić information content (AvgIpc) is 2.79. The van der Waals surface area contributed by atoms with Crippen LogP contribution in [0.4, 0.5) is 19.3 Å². The zero-order chi connectivity index (χ0) is 22.9. The van der Waals surface area contributed by atoms with Gasteiger partial charge in [-0.25, -0.2) is 18.5 Å². The lowest BCUT2D eigenvalue weighted by atomic mass is 9.86. The number of benzene rings is 1. The van der Waals surface area contributed by atoms with E-state index in [0.717, 1.165) is 12.1 Å². The molecule has 0 spiro atoms. The van der Waals surface area contributed by atoms with Crippen molar-refractivity contribution in [1.82, 2.24) is 14.9 Å². The van der Waals surface area contributed by atoms with Gasteiger partial charge in [0.15, 0.2) is 11.6 Å². The van der Waals surface area contributed by atoms with Crippen LogP contribution in [0.15, 0.2) is 61.2 Å². The number of carbonyl (C=O) groups is 2. The maximum atomic E-state index is 14.9. The van der Waals surface area contributed by atoms with Crippen LogP contribution in [0.2, 0.25) is 0 Å². The summed E-state index contributed by atoms with van der Waals surface area (Å²) in [5, 5.41) is 0. The molecule has 1 saturated heterocycles. The highest BCUT2D eigenvalue weighted by molar-refractivity contribution is 6.16. The predicted molar refractivity (Wildman–Crippen MR) is 113 cm³/mol. The standard InChI is InChI=1S/C24H18F2N4O2/c1-24(18-6-4-10-28-15-18)13-21(31)30(23(32)29(24)2)22-19(25)11-17(12-20(22)26)8-7-16-5-3-9-27-14-16/h3-6,9-12,14-15H,13H2,1-2H3/t24-/m0/s1. The number of anilines is 1. The molecule has 3 amide bonds. The number of hydrogen-bond acceptors (Lipinski definition) is 4. The number of carbonyl (C=O) groups excluding carboxylic acids is 2. The Hall–Kier alpha value is -4.12. The molecule has 1 atom stereocenters. The van der Waals surface area contributed by atoms with Crippen molar-refractivity contribution in [2.24, 2.45) is 0 Å². The number of imide groups is 1. The van der Waals surface area contributed by atoms with E-state index in [9.17, 15) is 18.4 Å². The van der Waals surface area contributed by atoms with Gasteiger partial charge in [-0.05, 0) is 42.8 Å². The Morgan fingerprint density at radius 2 is 1.59 bits per heavy atom. The van der Waals surface area contributed by atoms with Crippen molar-refractivity contribution in [2.45, 2.75) is 18.9 Å². The second-order valence-corrected chi connectivity index (χ2v) is 7.54. The molecule has 0 unspecified atom stereocenters. The van der Waals surface area contributed by atoms with Gasteiger partial charge in [-0.1, -0.05) is 17.9 Å². The maximum Gasteiger partial charge on any atom is 0.332 e. The van der Waals surface area contributed by atoms with Crippen molar-refractivity contribution in [3.05, 3.63) is 89.5 Å². The number of pyridine rings is 2. The molecule has 3 aromatic rings. The summed E-state index contributed by atoms with van der Waals surface area (Å²) in [6.45, 7) is 1.71. The fourth-order valence-electron chi connectivity index (χ4n) is 3.59. The van der Waals surface area contributed by atoms with E-state index in [2.05, 4.69) is 21.8 Å². The zero-order valence-electron chi connectivity index (χ0n) is 17.3. The van der Waals surface area contributed by atoms with E-state index < -0.39 is 34.8 Å². The van der Waals surface area contributed by atoms with Crippen LogP contribution in [-0.2, 0) is 10.3 Å². The molecule has 0 aliphatic carbocycles. The molecule has 1 aromatic carbocycles. The summed E-state index contributed by atoms with van der Waals surface area (Å²) in [7, 11) is 1.48. The Balaban J connectivity index is 1.68. The molecular weight excluding hydrogens is 414 g/mol. The van der Waals surface area contributed by atoms with Crippen LogP contribution >= 0.6 is 0 Å². The molecule has 4 rings (SSSR count). The minimum Gasteiger partial charge on any atom is -0.317 e. The molecule has 1 fully saturated rings. The van der Waals surface area contributed by atoms with E-state index in [-0.39, 0.29) is 12.0 Å². The molecule has 8 heteroatoms. The smallest absolute Gasteiger partial charge is 0.317 e. The van der Waals surface area contributed by atoms with Gasteiger partial charge < -0.3 is 4.90 Å². The van der Waals surface area contributed by atoms with Crippen molar-refractivity contribution < 1.29 is 18.4 Å². The first-order valence-electron chi connectivity index (χ1n) is 9.73. The van der Waals surface area contributed by atoms with Gasteiger partial charge in [0.1, 0.15) is 5.69 Å². The first kappa shape index (κ1) is 21.1. The van der Waals surface area contributed by atoms with Gasteiger partial charge in [-0.15, -0.1) is 0 Å². The van der Waals surface area contributed by atoms with Crippen molar-refractivity contribution >= 4 is 17.6 Å². The van der Waals surface area contributed by atoms with Gasteiger partial charge in [-0.2, -0.15) is 0 Å². The molecule has 2 aromatic heterocycles. The van der Waals surface area contributed by atoms with E-state index in [4.69, 9.17) is 0 Å². The number of amides is 3. The summed E-state index contributed by atoms with van der Waals surface area (Å²) in [5.74, 6) is 2.60. The lowest BCUT2D eigenvalue weighted by Crippen LogP contribution is -2.60. The zero-order valence-corrected chi connectivity index (χ0v) is 17.3. The van der Waals surface area contributed by atoms with Crippen LogP contribution in [0.25, 0.3) is 0 Å². The van der Waals surface area contributed by atoms with E-state index in [1.165, 1.54) is 18.1 Å². The van der Waals surface area contributed by atoms with Gasteiger partial charge in [0.05, 0.1) is 12.0 Å². The summed E-state index contributed by atoms with van der Waals surface area (Å²) in [4.78, 5) is 35.8. The summed E-state index contributed by atoms with van der Waals surface area (Å²) in [6.07, 6.45) is 6.08. The molecule has 0 saturated carbocycles. The summed E-state index contributed by atoms with van der Waals surface area (Å²) in [5.41, 5.74) is -0.424. The number of nitrogens with zero attached hydrogens (tertiary/aromatic N) is 4. The Bertz CT molecular complexity index is 1230. The predicted octanol–water partition coefficient (Wildman–Crippen LogP) is 3.86. The van der Waals surface area contributed by atoms with E-state index in [0.29, 0.717) is 16.0 Å². The first-order chi connectivity index (χ1) is 15.3. The van der Waals surface area contributed by atoms with E-state index in [1.54, 1.807) is 49.8 Å². The van der Waals surface area contributed by atoms with Gasteiger partial charge in [0.2, 0.25) is 5.91 Å².